The maximum absolute atomic E-state index is 15.1. The molecule has 1 saturated carbocycles. The zero-order valence-electron chi connectivity index (χ0n) is 17.6. The molecule has 2 aliphatic carbocycles. The monoisotopic (exact) mass is 635 g/mol. The van der Waals surface area contributed by atoms with Crippen molar-refractivity contribution < 1.29 is 82.7 Å². The van der Waals surface area contributed by atoms with Crippen LogP contribution in [0.4, 0.5) is 65.9 Å². The predicted octanol–water partition coefficient (Wildman–Crippen LogP) is 5.35. The third-order valence-corrected chi connectivity index (χ3v) is 10.2. The number of sulfone groups is 2. The van der Waals surface area contributed by atoms with Crippen LogP contribution < -0.4 is 0 Å². The van der Waals surface area contributed by atoms with Gasteiger partial charge in [0.1, 0.15) is 26.9 Å². The van der Waals surface area contributed by atoms with Crippen LogP contribution >= 0.6 is 0 Å². The van der Waals surface area contributed by atoms with Crippen molar-refractivity contribution in [2.24, 2.45) is 0 Å². The van der Waals surface area contributed by atoms with Gasteiger partial charge in [-0.1, -0.05) is 0 Å². The molecular formula is C18H6F15O4S2-. The summed E-state index contributed by atoms with van der Waals surface area (Å²) in [5.74, 6) is -18.8. The van der Waals surface area contributed by atoms with E-state index < -0.39 is 123 Å². The first kappa shape index (κ1) is 31.0. The highest BCUT2D eigenvalue weighted by Gasteiger charge is 2.62. The normalized spacial score (nSPS) is 30.0. The summed E-state index contributed by atoms with van der Waals surface area (Å²) in [6.45, 7) is 0. The summed E-state index contributed by atoms with van der Waals surface area (Å²) in [4.78, 5) is 0. The van der Waals surface area contributed by atoms with Crippen LogP contribution in [0.1, 0.15) is 11.1 Å². The number of rotatable bonds is 3. The van der Waals surface area contributed by atoms with E-state index >= 15 is 4.39 Å². The second kappa shape index (κ2) is 9.51. The molecule has 4 nitrogen and oxygen atoms in total. The Balaban J connectivity index is 2.56. The first-order chi connectivity index (χ1) is 17.5. The lowest BCUT2D eigenvalue weighted by Crippen LogP contribution is -2.59. The second-order valence-electron chi connectivity index (χ2n) is 7.79. The first-order valence-electron chi connectivity index (χ1n) is 9.50. The van der Waals surface area contributed by atoms with Crippen molar-refractivity contribution in [3.05, 3.63) is 56.2 Å². The molecule has 3 rings (SSSR count). The SMILES string of the molecule is O=S(=O)(/C(=C1\C(F)=C(F)c2c(F)c(F)c(F)c(F)c2[C-]1F)S(=O)(=O)C(F)(F)F)C1C(F)C(F)C(F)C(F)C1F. The maximum atomic E-state index is 15.1. The zero-order valence-corrected chi connectivity index (χ0v) is 19.2. The fraction of sp³-hybridized carbons (Fsp3) is 0.389. The van der Waals surface area contributed by atoms with Gasteiger partial charge in [0.05, 0.1) is 12.0 Å². The smallest absolute Gasteiger partial charge is 0.254 e. The maximum Gasteiger partial charge on any atom is 0.495 e. The van der Waals surface area contributed by atoms with E-state index in [1.54, 1.807) is 0 Å². The number of alkyl halides is 8. The van der Waals surface area contributed by atoms with Crippen LogP contribution in [0.2, 0.25) is 0 Å². The number of halogens is 15. The van der Waals surface area contributed by atoms with Crippen LogP contribution in [0.15, 0.2) is 15.6 Å². The number of allylic oxidation sites excluding steroid dienone is 2. The molecular weight excluding hydrogens is 629 g/mol. The minimum atomic E-state index is -7.94. The highest BCUT2D eigenvalue weighted by Crippen LogP contribution is 2.52. The lowest BCUT2D eigenvalue weighted by molar-refractivity contribution is -0.0477. The van der Waals surface area contributed by atoms with Crippen molar-refractivity contribution >= 4 is 25.5 Å². The van der Waals surface area contributed by atoms with Crippen LogP contribution in [0, 0.1) is 29.4 Å². The number of hydrogen-bond donors (Lipinski definition) is 0. The molecule has 0 radical (unpaired) electrons. The van der Waals surface area contributed by atoms with Gasteiger partial charge in [0, 0.05) is 0 Å². The highest BCUT2D eigenvalue weighted by atomic mass is 32.3. The van der Waals surface area contributed by atoms with Crippen LogP contribution in [-0.2, 0) is 19.7 Å². The molecule has 220 valence electrons. The van der Waals surface area contributed by atoms with E-state index in [1.807, 2.05) is 0 Å². The van der Waals surface area contributed by atoms with Crippen molar-refractivity contribution in [3.63, 3.8) is 0 Å². The largest absolute Gasteiger partial charge is 0.495 e. The van der Waals surface area contributed by atoms with Crippen molar-refractivity contribution in [2.45, 2.75) is 41.6 Å². The highest BCUT2D eigenvalue weighted by molar-refractivity contribution is 8.15. The van der Waals surface area contributed by atoms with E-state index in [4.69, 9.17) is 0 Å². The Morgan fingerprint density at radius 3 is 1.49 bits per heavy atom. The average molecular weight is 635 g/mol. The second-order valence-corrected chi connectivity index (χ2v) is 12.0. The Hall–Kier alpha value is -2.58. The van der Waals surface area contributed by atoms with E-state index in [0.717, 1.165) is 0 Å². The minimum absolute atomic E-state index is 2.57. The summed E-state index contributed by atoms with van der Waals surface area (Å²) in [6, 6.07) is 0. The molecule has 0 aromatic heterocycles. The van der Waals surface area contributed by atoms with Gasteiger partial charge < -0.3 is 0 Å². The van der Waals surface area contributed by atoms with E-state index in [1.165, 1.54) is 0 Å². The van der Waals surface area contributed by atoms with Crippen molar-refractivity contribution in [3.8, 4) is 0 Å². The predicted molar refractivity (Wildman–Crippen MR) is 98.1 cm³/mol. The molecule has 1 aromatic carbocycles. The van der Waals surface area contributed by atoms with Gasteiger partial charge in [-0.3, -0.25) is 8.78 Å². The standard InChI is InChI=1S/C18H6F15O4S2/c19-4-1-2(7(22)10(25)9(24)6(1)21)5(20)8(23)3(4)17(39(36,37)18(31,32)33)38(34,35)16-14(29)12(27)11(26)13(28)15(16)30/h11-16H/q-1/b17-3+. The first-order valence-corrected chi connectivity index (χ1v) is 12.5. The zero-order chi connectivity index (χ0) is 30.3. The average Bonchev–Trinajstić information content (AvgIpc) is 2.82. The quantitative estimate of drug-likeness (QED) is 0.195. The van der Waals surface area contributed by atoms with E-state index in [9.17, 15) is 78.3 Å². The molecule has 0 heterocycles. The molecule has 0 N–H and O–H groups in total. The summed E-state index contributed by atoms with van der Waals surface area (Å²) in [7, 11) is -15.3. The summed E-state index contributed by atoms with van der Waals surface area (Å²) in [6.07, 6.45) is -23.8. The van der Waals surface area contributed by atoms with Crippen LogP contribution in [-0.4, -0.2) is 58.5 Å². The van der Waals surface area contributed by atoms with E-state index in [2.05, 4.69) is 0 Å². The number of hydrogen-bond acceptors (Lipinski definition) is 4. The Morgan fingerprint density at radius 2 is 1.05 bits per heavy atom. The Morgan fingerprint density at radius 1 is 0.641 bits per heavy atom. The molecule has 21 heteroatoms. The number of benzene rings is 1. The van der Waals surface area contributed by atoms with Gasteiger partial charge in [0.25, 0.3) is 9.84 Å². The summed E-state index contributed by atoms with van der Waals surface area (Å²) in [5, 5.41) is -4.36. The Bertz CT molecular complexity index is 1480. The molecule has 4 atom stereocenters. The summed E-state index contributed by atoms with van der Waals surface area (Å²) < 4.78 is 256. The molecule has 0 spiro atoms. The fourth-order valence-corrected chi connectivity index (χ4v) is 7.92. The van der Waals surface area contributed by atoms with Crippen LogP contribution in [0.3, 0.4) is 0 Å². The molecule has 1 aromatic rings. The summed E-state index contributed by atoms with van der Waals surface area (Å²) in [5.41, 5.74) is -15.7. The van der Waals surface area contributed by atoms with Gasteiger partial charge in [-0.25, -0.2) is 60.7 Å². The van der Waals surface area contributed by atoms with Crippen molar-refractivity contribution in [1.82, 2.24) is 0 Å². The van der Waals surface area contributed by atoms with Gasteiger partial charge >= 0.3 is 5.51 Å². The van der Waals surface area contributed by atoms with Crippen molar-refractivity contribution in [2.75, 3.05) is 0 Å². The third kappa shape index (κ3) is 4.26. The van der Waals surface area contributed by atoms with Gasteiger partial charge in [-0.2, -0.15) is 13.2 Å². The van der Waals surface area contributed by atoms with Gasteiger partial charge in [-0.05, 0) is 16.7 Å². The van der Waals surface area contributed by atoms with E-state index in [-0.39, 0.29) is 0 Å². The van der Waals surface area contributed by atoms with Gasteiger partial charge in [0.2, 0.25) is 0 Å². The fourth-order valence-electron chi connectivity index (χ4n) is 3.73. The van der Waals surface area contributed by atoms with Crippen molar-refractivity contribution in [1.29, 1.82) is 0 Å². The minimum Gasteiger partial charge on any atom is -0.254 e. The van der Waals surface area contributed by atoms with Crippen LogP contribution in [0.25, 0.3) is 5.83 Å². The van der Waals surface area contributed by atoms with Crippen LogP contribution in [0.5, 0.6) is 0 Å². The Labute approximate surface area is 206 Å². The molecule has 1 fully saturated rings. The number of fused-ring (bicyclic) bond motifs is 1. The molecule has 4 unspecified atom stereocenters. The molecule has 0 saturated heterocycles. The lowest BCUT2D eigenvalue weighted by Gasteiger charge is -2.38. The van der Waals surface area contributed by atoms with E-state index in [0.29, 0.717) is 0 Å². The van der Waals surface area contributed by atoms with Gasteiger partial charge in [-0.15, -0.1) is 0 Å². The molecule has 0 aliphatic heterocycles. The molecule has 2 aliphatic rings. The topological polar surface area (TPSA) is 68.3 Å². The molecule has 0 amide bonds. The third-order valence-electron chi connectivity index (χ3n) is 5.55. The molecule has 0 bridgehead atoms. The van der Waals surface area contributed by atoms with Gasteiger partial charge in [0.15, 0.2) is 52.3 Å². The molecule has 39 heavy (non-hydrogen) atoms. The lowest BCUT2D eigenvalue weighted by atomic mass is 9.89. The summed E-state index contributed by atoms with van der Waals surface area (Å²) >= 11 is 0. The Kier molecular flexibility index (Phi) is 7.55.